The van der Waals surface area contributed by atoms with Gasteiger partial charge in [-0.15, -0.1) is 0 Å². The highest BCUT2D eigenvalue weighted by molar-refractivity contribution is 5.73. The number of carboxylic acids is 1. The molecule has 0 aromatic heterocycles. The Morgan fingerprint density at radius 3 is 1.57 bits per heavy atom. The zero-order chi connectivity index (χ0) is 10.8. The molecule has 0 radical (unpaired) electrons. The van der Waals surface area contributed by atoms with Crippen molar-refractivity contribution in [1.82, 2.24) is 0 Å². The maximum Gasteiger partial charge on any atom is 0.490 e. The van der Waals surface area contributed by atoms with E-state index in [2.05, 4.69) is 0 Å². The van der Waals surface area contributed by atoms with Gasteiger partial charge in [0, 0.05) is 0 Å². The third-order valence-corrected chi connectivity index (χ3v) is 2.97. The van der Waals surface area contributed by atoms with E-state index >= 15 is 0 Å². The first-order valence-electron chi connectivity index (χ1n) is 4.71. The molecule has 2 aliphatic rings. The van der Waals surface area contributed by atoms with Crippen molar-refractivity contribution < 1.29 is 23.1 Å². The maximum absolute atomic E-state index is 10.6. The molecule has 0 aromatic carbocycles. The van der Waals surface area contributed by atoms with Gasteiger partial charge in [0.05, 0.1) is 0 Å². The highest BCUT2D eigenvalue weighted by Crippen LogP contribution is 2.46. The van der Waals surface area contributed by atoms with Crippen LogP contribution in [0.2, 0.25) is 0 Å². The molecule has 2 fully saturated rings. The summed E-state index contributed by atoms with van der Waals surface area (Å²) >= 11 is 0. The average Bonchev–Trinajstić information content (AvgIpc) is 2.30. The Balaban J connectivity index is 0.000000140. The lowest BCUT2D eigenvalue weighted by atomic mass is 9.77. The summed E-state index contributed by atoms with van der Waals surface area (Å²) in [5.41, 5.74) is 0. The second-order valence-electron chi connectivity index (χ2n) is 3.83. The summed E-state index contributed by atoms with van der Waals surface area (Å²) in [6.07, 6.45) is 2.69. The van der Waals surface area contributed by atoms with Crippen LogP contribution in [-0.4, -0.2) is 17.3 Å². The minimum absolute atomic E-state index is 1.19. The van der Waals surface area contributed by atoms with Crippen LogP contribution in [0, 0.1) is 11.8 Å². The van der Waals surface area contributed by atoms with E-state index in [0.717, 1.165) is 0 Å². The quantitative estimate of drug-likeness (QED) is 0.667. The van der Waals surface area contributed by atoms with Crippen molar-refractivity contribution in [2.75, 3.05) is 0 Å². The fourth-order valence-electron chi connectivity index (χ4n) is 2.04. The Morgan fingerprint density at radius 1 is 1.07 bits per heavy atom. The van der Waals surface area contributed by atoms with Crippen molar-refractivity contribution >= 4 is 5.97 Å². The van der Waals surface area contributed by atoms with Gasteiger partial charge < -0.3 is 5.11 Å². The van der Waals surface area contributed by atoms with Crippen LogP contribution < -0.4 is 0 Å². The Morgan fingerprint density at radius 2 is 1.43 bits per heavy atom. The Bertz CT molecular complexity index is 203. The molecule has 2 atom stereocenters. The van der Waals surface area contributed by atoms with Gasteiger partial charge in [-0.2, -0.15) is 13.2 Å². The van der Waals surface area contributed by atoms with Gasteiger partial charge in [0.25, 0.3) is 0 Å². The van der Waals surface area contributed by atoms with Gasteiger partial charge in [0.1, 0.15) is 0 Å². The van der Waals surface area contributed by atoms with E-state index in [-0.39, 0.29) is 0 Å². The number of fused-ring (bicyclic) bond motifs is 1. The molecule has 2 rings (SSSR count). The number of halogens is 3. The summed E-state index contributed by atoms with van der Waals surface area (Å²) in [5.74, 6) is -0.368. The largest absolute Gasteiger partial charge is 0.490 e. The molecule has 2 nitrogen and oxygen atoms in total. The van der Waals surface area contributed by atoms with E-state index in [9.17, 15) is 13.2 Å². The molecule has 2 aliphatic carbocycles. The zero-order valence-corrected chi connectivity index (χ0v) is 7.68. The van der Waals surface area contributed by atoms with Crippen LogP contribution >= 0.6 is 0 Å². The first-order chi connectivity index (χ1) is 6.41. The van der Waals surface area contributed by atoms with Crippen LogP contribution in [0.5, 0.6) is 0 Å². The van der Waals surface area contributed by atoms with Gasteiger partial charge in [-0.05, 0) is 24.7 Å². The fraction of sp³-hybridized carbons (Fsp3) is 0.889. The first kappa shape index (κ1) is 11.3. The Kier molecular flexibility index (Phi) is 3.39. The summed E-state index contributed by atoms with van der Waals surface area (Å²) in [7, 11) is 0. The second-order valence-corrected chi connectivity index (χ2v) is 3.83. The standard InChI is InChI=1S/C7H12.C2HF3O2/c1-2-6-4-5-7(6)3-1;3-2(4,5)1(6)7/h6-7H,1-5H2;(H,6,7). The van der Waals surface area contributed by atoms with Crippen molar-refractivity contribution in [3.05, 3.63) is 0 Å². The molecule has 0 amide bonds. The molecule has 14 heavy (non-hydrogen) atoms. The molecule has 2 unspecified atom stereocenters. The molecule has 0 heterocycles. The lowest BCUT2D eigenvalue weighted by Crippen LogP contribution is -2.21. The van der Waals surface area contributed by atoms with Crippen molar-refractivity contribution in [2.24, 2.45) is 11.8 Å². The van der Waals surface area contributed by atoms with E-state index in [1.54, 1.807) is 25.7 Å². The predicted octanol–water partition coefficient (Wildman–Crippen LogP) is 2.83. The molecule has 0 bridgehead atoms. The van der Waals surface area contributed by atoms with Gasteiger partial charge in [0.2, 0.25) is 0 Å². The molecular formula is C9H13F3O2. The number of hydrogen-bond acceptors (Lipinski definition) is 1. The molecule has 0 spiro atoms. The second kappa shape index (κ2) is 4.19. The smallest absolute Gasteiger partial charge is 0.475 e. The number of carbonyl (C=O) groups is 1. The van der Waals surface area contributed by atoms with Gasteiger partial charge in [-0.25, -0.2) is 4.79 Å². The topological polar surface area (TPSA) is 37.3 Å². The van der Waals surface area contributed by atoms with Gasteiger partial charge in [-0.1, -0.05) is 19.3 Å². The highest BCUT2D eigenvalue weighted by atomic mass is 19.4. The number of aliphatic carboxylic acids is 1. The average molecular weight is 210 g/mol. The van der Waals surface area contributed by atoms with Gasteiger partial charge in [-0.3, -0.25) is 0 Å². The third kappa shape index (κ3) is 2.89. The molecule has 0 aliphatic heterocycles. The highest BCUT2D eigenvalue weighted by Gasteiger charge is 2.38. The maximum atomic E-state index is 10.6. The normalized spacial score (nSPS) is 29.6. The summed E-state index contributed by atoms with van der Waals surface area (Å²) in [4.78, 5) is 8.90. The molecule has 0 saturated heterocycles. The predicted molar refractivity (Wildman–Crippen MR) is 43.8 cm³/mol. The monoisotopic (exact) mass is 210 g/mol. The van der Waals surface area contributed by atoms with Crippen molar-refractivity contribution in [3.8, 4) is 0 Å². The molecule has 82 valence electrons. The molecule has 5 heteroatoms. The Hall–Kier alpha value is -0.740. The summed E-state index contributed by atoms with van der Waals surface area (Å²) in [5, 5.41) is 7.12. The van der Waals surface area contributed by atoms with Crippen LogP contribution in [-0.2, 0) is 4.79 Å². The van der Waals surface area contributed by atoms with Crippen LogP contribution in [0.3, 0.4) is 0 Å². The van der Waals surface area contributed by atoms with Crippen LogP contribution in [0.1, 0.15) is 32.1 Å². The van der Waals surface area contributed by atoms with Gasteiger partial charge >= 0.3 is 12.1 Å². The van der Waals surface area contributed by atoms with Crippen LogP contribution in [0.15, 0.2) is 0 Å². The number of carboxylic acid groups (broad SMARTS) is 1. The minimum atomic E-state index is -5.08. The minimum Gasteiger partial charge on any atom is -0.475 e. The van der Waals surface area contributed by atoms with E-state index in [1.165, 1.54) is 18.3 Å². The summed E-state index contributed by atoms with van der Waals surface area (Å²) in [6.45, 7) is 0. The number of alkyl halides is 3. The third-order valence-electron chi connectivity index (χ3n) is 2.97. The first-order valence-corrected chi connectivity index (χ1v) is 4.71. The summed E-state index contributed by atoms with van der Waals surface area (Å²) in [6, 6.07) is 0. The molecule has 2 saturated carbocycles. The molecule has 1 N–H and O–H groups in total. The summed E-state index contributed by atoms with van der Waals surface area (Å²) < 4.78 is 31.7. The number of hydrogen-bond donors (Lipinski definition) is 1. The lowest BCUT2D eigenvalue weighted by Gasteiger charge is -2.29. The SMILES string of the molecule is C1CC2CCC2C1.O=C(O)C(F)(F)F. The van der Waals surface area contributed by atoms with E-state index < -0.39 is 12.1 Å². The van der Waals surface area contributed by atoms with Crippen molar-refractivity contribution in [1.29, 1.82) is 0 Å². The van der Waals surface area contributed by atoms with E-state index in [4.69, 9.17) is 9.90 Å². The number of rotatable bonds is 0. The fourth-order valence-corrected chi connectivity index (χ4v) is 2.04. The van der Waals surface area contributed by atoms with Gasteiger partial charge in [0.15, 0.2) is 0 Å². The molecule has 0 aromatic rings. The lowest BCUT2D eigenvalue weighted by molar-refractivity contribution is -0.192. The van der Waals surface area contributed by atoms with E-state index in [0.29, 0.717) is 0 Å². The zero-order valence-electron chi connectivity index (χ0n) is 7.68. The molecular weight excluding hydrogens is 197 g/mol. The van der Waals surface area contributed by atoms with Crippen molar-refractivity contribution in [3.63, 3.8) is 0 Å². The Labute approximate surface area is 80.1 Å². The van der Waals surface area contributed by atoms with Crippen LogP contribution in [0.4, 0.5) is 13.2 Å². The van der Waals surface area contributed by atoms with E-state index in [1.807, 2.05) is 0 Å². The van der Waals surface area contributed by atoms with Crippen molar-refractivity contribution in [2.45, 2.75) is 38.3 Å². The van der Waals surface area contributed by atoms with Crippen LogP contribution in [0.25, 0.3) is 0 Å².